The zero-order valence-electron chi connectivity index (χ0n) is 14.8. The Balaban J connectivity index is 1.75. The van der Waals surface area contributed by atoms with E-state index in [-0.39, 0.29) is 35.5 Å². The third kappa shape index (κ3) is 5.95. The molecule has 2 rings (SSSR count). The highest BCUT2D eigenvalue weighted by Gasteiger charge is 2.26. The van der Waals surface area contributed by atoms with Gasteiger partial charge in [0.1, 0.15) is 5.82 Å². The first-order chi connectivity index (χ1) is 11.2. The quantitative estimate of drug-likeness (QED) is 0.920. The lowest BCUT2D eigenvalue weighted by molar-refractivity contribution is -0.134. The first-order valence-corrected chi connectivity index (χ1v) is 8.54. The summed E-state index contributed by atoms with van der Waals surface area (Å²) in [6, 6.07) is 6.09. The highest BCUT2D eigenvalue weighted by Crippen LogP contribution is 2.21. The molecule has 0 spiro atoms. The average Bonchev–Trinajstić information content (AvgIpc) is 2.48. The van der Waals surface area contributed by atoms with Crippen molar-refractivity contribution in [3.8, 4) is 0 Å². The minimum absolute atomic E-state index is 0.00267. The van der Waals surface area contributed by atoms with Crippen LogP contribution in [-0.4, -0.2) is 35.8 Å². The van der Waals surface area contributed by atoms with Gasteiger partial charge in [-0.3, -0.25) is 9.59 Å². The Hall–Kier alpha value is -1.91. The van der Waals surface area contributed by atoms with E-state index in [1.54, 1.807) is 12.1 Å². The Labute approximate surface area is 143 Å². The van der Waals surface area contributed by atoms with Gasteiger partial charge in [-0.1, -0.05) is 32.9 Å². The zero-order valence-corrected chi connectivity index (χ0v) is 14.8. The molecule has 1 aromatic carbocycles. The van der Waals surface area contributed by atoms with Crippen LogP contribution in [0.4, 0.5) is 4.39 Å². The third-order valence-electron chi connectivity index (χ3n) is 4.17. The Morgan fingerprint density at radius 3 is 2.29 bits per heavy atom. The third-order valence-corrected chi connectivity index (χ3v) is 4.17. The zero-order chi connectivity index (χ0) is 17.7. The number of nitrogens with zero attached hydrogens (tertiary/aromatic N) is 1. The Morgan fingerprint density at radius 2 is 1.75 bits per heavy atom. The lowest BCUT2D eigenvalue weighted by Crippen LogP contribution is -2.47. The fourth-order valence-electron chi connectivity index (χ4n) is 2.91. The van der Waals surface area contributed by atoms with Gasteiger partial charge in [0, 0.05) is 25.6 Å². The summed E-state index contributed by atoms with van der Waals surface area (Å²) in [5.74, 6) is -0.161. The number of carbonyl (C=O) groups excluding carboxylic acids is 2. The van der Waals surface area contributed by atoms with Crippen LogP contribution in [0.5, 0.6) is 0 Å². The molecule has 5 heteroatoms. The van der Waals surface area contributed by atoms with Gasteiger partial charge in [-0.15, -0.1) is 0 Å². The molecule has 0 unspecified atom stereocenters. The first kappa shape index (κ1) is 18.4. The number of nitrogens with one attached hydrogen (secondary N) is 1. The van der Waals surface area contributed by atoms with Crippen molar-refractivity contribution in [2.45, 2.75) is 52.5 Å². The van der Waals surface area contributed by atoms with Gasteiger partial charge in [0.25, 0.3) is 0 Å². The second-order valence-electron chi connectivity index (χ2n) is 7.76. The van der Waals surface area contributed by atoms with E-state index in [4.69, 9.17) is 0 Å². The van der Waals surface area contributed by atoms with Crippen LogP contribution < -0.4 is 5.32 Å². The summed E-state index contributed by atoms with van der Waals surface area (Å²) in [5, 5.41) is 3.02. The Bertz CT molecular complexity index is 570. The molecule has 0 aromatic heterocycles. The molecule has 0 saturated carbocycles. The summed E-state index contributed by atoms with van der Waals surface area (Å²) < 4.78 is 12.9. The first-order valence-electron chi connectivity index (χ1n) is 8.54. The number of rotatable bonds is 4. The van der Waals surface area contributed by atoms with Crippen molar-refractivity contribution in [3.05, 3.63) is 35.6 Å². The number of hydrogen-bond donors (Lipinski definition) is 1. The van der Waals surface area contributed by atoms with E-state index in [1.807, 2.05) is 4.90 Å². The topological polar surface area (TPSA) is 49.4 Å². The highest BCUT2D eigenvalue weighted by molar-refractivity contribution is 5.79. The molecule has 24 heavy (non-hydrogen) atoms. The molecule has 0 bridgehead atoms. The fourth-order valence-corrected chi connectivity index (χ4v) is 2.91. The van der Waals surface area contributed by atoms with Crippen molar-refractivity contribution in [1.29, 1.82) is 0 Å². The van der Waals surface area contributed by atoms with Crippen LogP contribution in [0.15, 0.2) is 24.3 Å². The second kappa shape index (κ2) is 7.77. The molecule has 2 amide bonds. The molecule has 1 N–H and O–H groups in total. The molecule has 1 saturated heterocycles. The number of amides is 2. The van der Waals surface area contributed by atoms with Crippen molar-refractivity contribution in [2.24, 2.45) is 5.41 Å². The summed E-state index contributed by atoms with van der Waals surface area (Å²) >= 11 is 0. The SMILES string of the molecule is CC(C)(C)CC(=O)N1CCC(NC(=O)Cc2ccc(F)cc2)CC1. The fraction of sp³-hybridized carbons (Fsp3) is 0.579. The van der Waals surface area contributed by atoms with Crippen LogP contribution in [0.1, 0.15) is 45.6 Å². The Kier molecular flexibility index (Phi) is 5.97. The van der Waals surface area contributed by atoms with Gasteiger partial charge in [0.05, 0.1) is 6.42 Å². The normalized spacial score (nSPS) is 16.1. The molecule has 1 fully saturated rings. The van der Waals surface area contributed by atoms with Crippen molar-refractivity contribution >= 4 is 11.8 Å². The maximum atomic E-state index is 12.9. The van der Waals surface area contributed by atoms with E-state index in [2.05, 4.69) is 26.1 Å². The predicted molar refractivity (Wildman–Crippen MR) is 91.9 cm³/mol. The maximum Gasteiger partial charge on any atom is 0.224 e. The molecule has 1 aliphatic rings. The van der Waals surface area contributed by atoms with E-state index in [1.165, 1.54) is 12.1 Å². The number of likely N-dealkylation sites (tertiary alicyclic amines) is 1. The summed E-state index contributed by atoms with van der Waals surface area (Å²) in [6.07, 6.45) is 2.37. The molecule has 1 aromatic rings. The van der Waals surface area contributed by atoms with E-state index in [0.717, 1.165) is 18.4 Å². The summed E-state index contributed by atoms with van der Waals surface area (Å²) in [7, 11) is 0. The second-order valence-corrected chi connectivity index (χ2v) is 7.76. The molecule has 132 valence electrons. The van der Waals surface area contributed by atoms with Crippen LogP contribution in [0.25, 0.3) is 0 Å². The summed E-state index contributed by atoms with van der Waals surface area (Å²) in [4.78, 5) is 26.2. The van der Waals surface area contributed by atoms with Crippen LogP contribution in [0, 0.1) is 11.2 Å². The van der Waals surface area contributed by atoms with Gasteiger partial charge in [-0.2, -0.15) is 0 Å². The minimum atomic E-state index is -0.300. The van der Waals surface area contributed by atoms with Crippen molar-refractivity contribution in [1.82, 2.24) is 10.2 Å². The predicted octanol–water partition coefficient (Wildman–Crippen LogP) is 2.91. The standard InChI is InChI=1S/C19H27FN2O2/c1-19(2,3)13-18(24)22-10-8-16(9-11-22)21-17(23)12-14-4-6-15(20)7-5-14/h4-7,16H,8-13H2,1-3H3,(H,21,23). The van der Waals surface area contributed by atoms with Crippen molar-refractivity contribution < 1.29 is 14.0 Å². The number of benzene rings is 1. The molecular formula is C19H27FN2O2. The number of hydrogen-bond acceptors (Lipinski definition) is 2. The summed E-state index contributed by atoms with van der Waals surface area (Å²) in [6.45, 7) is 7.57. The molecule has 1 heterocycles. The largest absolute Gasteiger partial charge is 0.353 e. The van der Waals surface area contributed by atoms with Crippen LogP contribution in [0.3, 0.4) is 0 Å². The molecule has 0 radical (unpaired) electrons. The van der Waals surface area contributed by atoms with E-state index in [9.17, 15) is 14.0 Å². The highest BCUT2D eigenvalue weighted by atomic mass is 19.1. The van der Waals surface area contributed by atoms with E-state index >= 15 is 0 Å². The van der Waals surface area contributed by atoms with Gasteiger partial charge in [0.15, 0.2) is 0 Å². The van der Waals surface area contributed by atoms with Crippen molar-refractivity contribution in [3.63, 3.8) is 0 Å². The van der Waals surface area contributed by atoms with Crippen molar-refractivity contribution in [2.75, 3.05) is 13.1 Å². The molecule has 1 aliphatic heterocycles. The number of carbonyl (C=O) groups is 2. The molecular weight excluding hydrogens is 307 g/mol. The Morgan fingerprint density at radius 1 is 1.17 bits per heavy atom. The van der Waals surface area contributed by atoms with Gasteiger partial charge >= 0.3 is 0 Å². The molecule has 0 aliphatic carbocycles. The van der Waals surface area contributed by atoms with Crippen LogP contribution in [0.2, 0.25) is 0 Å². The van der Waals surface area contributed by atoms with Gasteiger partial charge in [-0.25, -0.2) is 4.39 Å². The maximum absolute atomic E-state index is 12.9. The summed E-state index contributed by atoms with van der Waals surface area (Å²) in [5.41, 5.74) is 0.795. The lowest BCUT2D eigenvalue weighted by Gasteiger charge is -2.34. The number of piperidine rings is 1. The van der Waals surface area contributed by atoms with Gasteiger partial charge in [0.2, 0.25) is 11.8 Å². The van der Waals surface area contributed by atoms with Gasteiger partial charge in [-0.05, 0) is 36.0 Å². The minimum Gasteiger partial charge on any atom is -0.353 e. The average molecular weight is 334 g/mol. The molecule has 0 atom stereocenters. The van der Waals surface area contributed by atoms with Crippen LogP contribution in [-0.2, 0) is 16.0 Å². The monoisotopic (exact) mass is 334 g/mol. The van der Waals surface area contributed by atoms with Gasteiger partial charge < -0.3 is 10.2 Å². The lowest BCUT2D eigenvalue weighted by atomic mass is 9.91. The number of halogens is 1. The smallest absolute Gasteiger partial charge is 0.224 e. The van der Waals surface area contributed by atoms with E-state index in [0.29, 0.717) is 19.5 Å². The van der Waals surface area contributed by atoms with E-state index < -0.39 is 0 Å². The molecule has 4 nitrogen and oxygen atoms in total. The van der Waals surface area contributed by atoms with Crippen LogP contribution >= 0.6 is 0 Å².